The number of hydrogen-bond donors (Lipinski definition) is 2. The molecule has 0 fully saturated rings. The Morgan fingerprint density at radius 1 is 1.00 bits per heavy atom. The highest BCUT2D eigenvalue weighted by Crippen LogP contribution is 2.25. The summed E-state index contributed by atoms with van der Waals surface area (Å²) in [7, 11) is 0. The quantitative estimate of drug-likeness (QED) is 0.317. The van der Waals surface area contributed by atoms with Crippen molar-refractivity contribution in [3.8, 4) is 5.75 Å². The van der Waals surface area contributed by atoms with E-state index in [1.54, 1.807) is 6.07 Å². The van der Waals surface area contributed by atoms with Gasteiger partial charge in [-0.1, -0.05) is 82.2 Å². The second-order valence-electron chi connectivity index (χ2n) is 6.74. The predicted octanol–water partition coefficient (Wildman–Crippen LogP) is 5.53. The fourth-order valence-electron chi connectivity index (χ4n) is 3.06. The van der Waals surface area contributed by atoms with E-state index < -0.39 is 0 Å². The molecule has 0 bridgehead atoms. The van der Waals surface area contributed by atoms with Crippen molar-refractivity contribution in [2.45, 2.75) is 64.7 Å². The maximum absolute atomic E-state index is 11.9. The van der Waals surface area contributed by atoms with Crippen LogP contribution >= 0.6 is 0 Å². The average molecular weight is 354 g/mol. The summed E-state index contributed by atoms with van der Waals surface area (Å²) >= 11 is 0. The third-order valence-corrected chi connectivity index (χ3v) is 4.59. The molecule has 0 unspecified atom stereocenters. The van der Waals surface area contributed by atoms with Gasteiger partial charge in [-0.2, -0.15) is 5.10 Å². The van der Waals surface area contributed by atoms with Gasteiger partial charge in [0, 0.05) is 12.0 Å². The summed E-state index contributed by atoms with van der Waals surface area (Å²) < 4.78 is 0. The average Bonchev–Trinajstić information content (AvgIpc) is 2.65. The zero-order valence-corrected chi connectivity index (χ0v) is 15.7. The van der Waals surface area contributed by atoms with Crippen molar-refractivity contribution in [1.29, 1.82) is 0 Å². The second kappa shape index (κ2) is 11.3. The van der Waals surface area contributed by atoms with Crippen LogP contribution < -0.4 is 5.43 Å². The van der Waals surface area contributed by atoms with E-state index in [1.165, 1.54) is 44.7 Å². The smallest absolute Gasteiger partial charge is 0.240 e. The van der Waals surface area contributed by atoms with Gasteiger partial charge in [-0.25, -0.2) is 5.43 Å². The summed E-state index contributed by atoms with van der Waals surface area (Å²) in [6, 6.07) is 11.3. The Kier molecular flexibility index (Phi) is 8.67. The van der Waals surface area contributed by atoms with Crippen molar-refractivity contribution in [2.24, 2.45) is 5.10 Å². The molecule has 0 heterocycles. The van der Waals surface area contributed by atoms with Crippen molar-refractivity contribution in [3.05, 3.63) is 42.0 Å². The molecule has 1 amide bonds. The number of hydrazone groups is 1. The number of phenolic OH excluding ortho intramolecular Hbond substituents is 1. The predicted molar refractivity (Wildman–Crippen MR) is 109 cm³/mol. The van der Waals surface area contributed by atoms with Crippen molar-refractivity contribution in [2.75, 3.05) is 0 Å². The lowest BCUT2D eigenvalue weighted by atomic mass is 10.0. The van der Waals surface area contributed by atoms with Crippen LogP contribution in [-0.4, -0.2) is 17.2 Å². The van der Waals surface area contributed by atoms with Crippen LogP contribution in [0, 0.1) is 0 Å². The lowest BCUT2D eigenvalue weighted by Crippen LogP contribution is -2.16. The first kappa shape index (κ1) is 20.0. The first-order valence-corrected chi connectivity index (χ1v) is 9.75. The normalized spacial score (nSPS) is 11.3. The van der Waals surface area contributed by atoms with Crippen LogP contribution in [0.5, 0.6) is 5.75 Å². The summed E-state index contributed by atoms with van der Waals surface area (Å²) in [4.78, 5) is 11.9. The molecule has 140 valence electrons. The van der Waals surface area contributed by atoms with E-state index in [0.717, 1.165) is 23.6 Å². The monoisotopic (exact) mass is 354 g/mol. The molecule has 0 aromatic heterocycles. The van der Waals surface area contributed by atoms with Crippen LogP contribution in [0.2, 0.25) is 0 Å². The van der Waals surface area contributed by atoms with Crippen LogP contribution in [0.15, 0.2) is 41.5 Å². The van der Waals surface area contributed by atoms with Gasteiger partial charge in [0.05, 0.1) is 6.21 Å². The van der Waals surface area contributed by atoms with Crippen LogP contribution in [0.1, 0.15) is 70.3 Å². The number of phenols is 1. The highest BCUT2D eigenvalue weighted by molar-refractivity contribution is 6.02. The van der Waals surface area contributed by atoms with Gasteiger partial charge in [0.25, 0.3) is 0 Å². The summed E-state index contributed by atoms with van der Waals surface area (Å²) in [5.74, 6) is 0.0803. The molecule has 4 nitrogen and oxygen atoms in total. The molecule has 0 saturated carbocycles. The summed E-state index contributed by atoms with van der Waals surface area (Å²) in [5, 5.41) is 16.0. The maximum atomic E-state index is 11.9. The van der Waals surface area contributed by atoms with Crippen LogP contribution in [0.4, 0.5) is 0 Å². The Hall–Kier alpha value is -2.36. The Balaban J connectivity index is 1.72. The van der Waals surface area contributed by atoms with Crippen molar-refractivity contribution in [3.63, 3.8) is 0 Å². The molecule has 2 N–H and O–H groups in total. The van der Waals surface area contributed by atoms with Crippen LogP contribution in [-0.2, 0) is 4.79 Å². The number of unbranched alkanes of at least 4 members (excludes halogenated alkanes) is 7. The molecular weight excluding hydrogens is 324 g/mol. The largest absolute Gasteiger partial charge is 0.507 e. The van der Waals surface area contributed by atoms with Gasteiger partial charge in [0.1, 0.15) is 5.75 Å². The molecule has 0 saturated heterocycles. The number of benzene rings is 2. The third-order valence-electron chi connectivity index (χ3n) is 4.59. The van der Waals surface area contributed by atoms with Gasteiger partial charge < -0.3 is 5.11 Å². The van der Waals surface area contributed by atoms with E-state index in [9.17, 15) is 9.90 Å². The summed E-state index contributed by atoms with van der Waals surface area (Å²) in [6.07, 6.45) is 11.7. The third kappa shape index (κ3) is 6.51. The second-order valence-corrected chi connectivity index (χ2v) is 6.74. The standard InChI is InChI=1S/C22H30N2O2/c1-2-3-4-5-6-7-8-9-14-22(26)24-23-17-20-19-13-11-10-12-18(19)15-16-21(20)25/h10-13,15-17,25H,2-9,14H2,1H3,(H,24,26)/b23-17-. The minimum atomic E-state index is -0.0769. The number of rotatable bonds is 11. The van der Waals surface area contributed by atoms with Gasteiger partial charge >= 0.3 is 0 Å². The summed E-state index contributed by atoms with van der Waals surface area (Å²) in [5.41, 5.74) is 3.18. The maximum Gasteiger partial charge on any atom is 0.240 e. The molecule has 0 atom stereocenters. The lowest BCUT2D eigenvalue weighted by Gasteiger charge is -2.05. The topological polar surface area (TPSA) is 61.7 Å². The molecule has 2 aromatic carbocycles. The SMILES string of the molecule is CCCCCCCCCCC(=O)N/N=C\c1c(O)ccc2ccccc12. The molecule has 26 heavy (non-hydrogen) atoms. The van der Waals surface area contributed by atoms with Crippen molar-refractivity contribution < 1.29 is 9.90 Å². The first-order valence-electron chi connectivity index (χ1n) is 9.75. The number of nitrogens with zero attached hydrogens (tertiary/aromatic N) is 1. The number of carbonyl (C=O) groups excluding carboxylic acids is 1. The Morgan fingerprint density at radius 2 is 1.69 bits per heavy atom. The molecule has 0 aliphatic rings. The molecule has 0 aliphatic heterocycles. The molecule has 2 aromatic rings. The number of carbonyl (C=O) groups is 1. The highest BCUT2D eigenvalue weighted by atomic mass is 16.3. The van der Waals surface area contributed by atoms with Crippen molar-refractivity contribution in [1.82, 2.24) is 5.43 Å². The highest BCUT2D eigenvalue weighted by Gasteiger charge is 2.05. The Bertz CT molecular complexity index is 725. The number of aromatic hydroxyl groups is 1. The number of nitrogens with one attached hydrogen (secondary N) is 1. The van der Waals surface area contributed by atoms with Gasteiger partial charge in [-0.3, -0.25) is 4.79 Å². The van der Waals surface area contributed by atoms with E-state index >= 15 is 0 Å². The Labute approximate surface area is 156 Å². The molecule has 4 heteroatoms. The minimum Gasteiger partial charge on any atom is -0.507 e. The minimum absolute atomic E-state index is 0.0769. The zero-order valence-electron chi connectivity index (χ0n) is 15.7. The van der Waals surface area contributed by atoms with E-state index in [2.05, 4.69) is 17.5 Å². The fraction of sp³-hybridized carbons (Fsp3) is 0.455. The Morgan fingerprint density at radius 3 is 2.46 bits per heavy atom. The van der Waals surface area contributed by atoms with E-state index in [1.807, 2.05) is 30.3 Å². The van der Waals surface area contributed by atoms with Crippen LogP contribution in [0.25, 0.3) is 10.8 Å². The molecule has 0 aliphatic carbocycles. The first-order chi connectivity index (χ1) is 12.7. The summed E-state index contributed by atoms with van der Waals surface area (Å²) in [6.45, 7) is 2.22. The number of amides is 1. The molecule has 0 spiro atoms. The lowest BCUT2D eigenvalue weighted by molar-refractivity contribution is -0.121. The zero-order chi connectivity index (χ0) is 18.6. The molecule has 2 rings (SSSR count). The van der Waals surface area contributed by atoms with E-state index in [0.29, 0.717) is 12.0 Å². The number of hydrogen-bond acceptors (Lipinski definition) is 3. The van der Waals surface area contributed by atoms with E-state index in [4.69, 9.17) is 0 Å². The van der Waals surface area contributed by atoms with Crippen molar-refractivity contribution >= 4 is 22.9 Å². The van der Waals surface area contributed by atoms with Gasteiger partial charge in [-0.15, -0.1) is 0 Å². The van der Waals surface area contributed by atoms with E-state index in [-0.39, 0.29) is 11.7 Å². The van der Waals surface area contributed by atoms with Gasteiger partial charge in [0.2, 0.25) is 5.91 Å². The van der Waals surface area contributed by atoms with Gasteiger partial charge in [-0.05, 0) is 23.3 Å². The van der Waals surface area contributed by atoms with Crippen LogP contribution in [0.3, 0.4) is 0 Å². The fourth-order valence-corrected chi connectivity index (χ4v) is 3.06. The number of fused-ring (bicyclic) bond motifs is 1. The molecular formula is C22H30N2O2. The van der Waals surface area contributed by atoms with Gasteiger partial charge in [0.15, 0.2) is 0 Å². The molecule has 0 radical (unpaired) electrons.